The third kappa shape index (κ3) is 1.24. The van der Waals surface area contributed by atoms with Crippen molar-refractivity contribution in [3.63, 3.8) is 0 Å². The van der Waals surface area contributed by atoms with Crippen molar-refractivity contribution in [2.75, 3.05) is 0 Å². The predicted octanol–water partition coefficient (Wildman–Crippen LogP) is 1.63. The topological polar surface area (TPSA) is 24.9 Å². The Labute approximate surface area is 66.0 Å². The first-order chi connectivity index (χ1) is 5.47. The van der Waals surface area contributed by atoms with Gasteiger partial charge >= 0.3 is 0 Å². The van der Waals surface area contributed by atoms with Crippen LogP contribution in [0.15, 0.2) is 36.8 Å². The highest BCUT2D eigenvalue weighted by Gasteiger charge is 2.10. The Bertz CT molecular complexity index is 246. The van der Waals surface area contributed by atoms with Gasteiger partial charge in [0.05, 0.1) is 6.04 Å². The maximum atomic E-state index is 4.06. The lowest BCUT2D eigenvalue weighted by molar-refractivity contribution is 0.670. The molecule has 0 aromatic carbocycles. The number of rotatable bonds is 1. The normalized spacial score (nSPS) is 21.6. The van der Waals surface area contributed by atoms with Gasteiger partial charge in [-0.3, -0.25) is 4.98 Å². The Morgan fingerprint density at radius 2 is 2.55 bits per heavy atom. The number of hydrogen-bond acceptors (Lipinski definition) is 2. The van der Waals surface area contributed by atoms with E-state index in [1.807, 2.05) is 18.5 Å². The Hall–Kier alpha value is -1.31. The molecule has 0 amide bonds. The van der Waals surface area contributed by atoms with Crippen LogP contribution in [0.25, 0.3) is 0 Å². The van der Waals surface area contributed by atoms with Crippen LogP contribution in [0.4, 0.5) is 0 Å². The Balaban J connectivity index is 2.17. The van der Waals surface area contributed by atoms with Crippen LogP contribution in [0.1, 0.15) is 18.0 Å². The second-order valence-corrected chi connectivity index (χ2v) is 2.64. The Morgan fingerprint density at radius 1 is 1.55 bits per heavy atom. The van der Waals surface area contributed by atoms with Crippen molar-refractivity contribution in [3.8, 4) is 0 Å². The number of hydrogen-bond donors (Lipinski definition) is 1. The van der Waals surface area contributed by atoms with Gasteiger partial charge in [-0.25, -0.2) is 0 Å². The van der Waals surface area contributed by atoms with Gasteiger partial charge in [-0.1, -0.05) is 12.1 Å². The van der Waals surface area contributed by atoms with Crippen molar-refractivity contribution in [2.45, 2.75) is 12.5 Å². The van der Waals surface area contributed by atoms with E-state index in [9.17, 15) is 0 Å². The summed E-state index contributed by atoms with van der Waals surface area (Å²) in [6, 6.07) is 4.51. The first-order valence-electron chi connectivity index (χ1n) is 3.78. The van der Waals surface area contributed by atoms with Crippen molar-refractivity contribution >= 4 is 0 Å². The molecule has 0 aliphatic carbocycles. The summed E-state index contributed by atoms with van der Waals surface area (Å²) in [6.45, 7) is 0. The molecule has 1 aliphatic heterocycles. The van der Waals surface area contributed by atoms with Gasteiger partial charge in [0.2, 0.25) is 0 Å². The third-order valence-corrected chi connectivity index (χ3v) is 1.87. The largest absolute Gasteiger partial charge is 0.384 e. The zero-order chi connectivity index (χ0) is 7.52. The molecular formula is C9H10N2. The minimum absolute atomic E-state index is 0.448. The second kappa shape index (κ2) is 2.74. The summed E-state index contributed by atoms with van der Waals surface area (Å²) in [5.41, 5.74) is 1.26. The van der Waals surface area contributed by atoms with Crippen LogP contribution in [0.2, 0.25) is 0 Å². The lowest BCUT2D eigenvalue weighted by Crippen LogP contribution is -2.09. The average Bonchev–Trinajstić information content (AvgIpc) is 2.58. The lowest BCUT2D eigenvalue weighted by atomic mass is 10.1. The van der Waals surface area contributed by atoms with Crippen molar-refractivity contribution < 1.29 is 0 Å². The van der Waals surface area contributed by atoms with E-state index >= 15 is 0 Å². The van der Waals surface area contributed by atoms with Crippen LogP contribution in [-0.2, 0) is 0 Å². The molecule has 0 fully saturated rings. The minimum atomic E-state index is 0.448. The van der Waals surface area contributed by atoms with Crippen LogP contribution >= 0.6 is 0 Å². The van der Waals surface area contributed by atoms with E-state index in [1.54, 1.807) is 6.20 Å². The molecule has 1 aromatic heterocycles. The van der Waals surface area contributed by atoms with E-state index in [0.29, 0.717) is 6.04 Å². The first-order valence-corrected chi connectivity index (χ1v) is 3.78. The SMILES string of the molecule is C1=CN[C@H](c2cccnc2)C1. The molecule has 1 aliphatic rings. The van der Waals surface area contributed by atoms with Gasteiger partial charge in [-0.15, -0.1) is 0 Å². The molecule has 0 radical (unpaired) electrons. The second-order valence-electron chi connectivity index (χ2n) is 2.64. The fourth-order valence-corrected chi connectivity index (χ4v) is 1.27. The molecule has 1 aromatic rings. The highest BCUT2D eigenvalue weighted by atomic mass is 14.9. The zero-order valence-electron chi connectivity index (χ0n) is 6.20. The number of aromatic nitrogens is 1. The van der Waals surface area contributed by atoms with Gasteiger partial charge in [-0.2, -0.15) is 0 Å². The molecule has 2 rings (SSSR count). The molecule has 11 heavy (non-hydrogen) atoms. The molecule has 0 spiro atoms. The van der Waals surface area contributed by atoms with Crippen molar-refractivity contribution in [1.29, 1.82) is 0 Å². The summed E-state index contributed by atoms with van der Waals surface area (Å²) < 4.78 is 0. The van der Waals surface area contributed by atoms with Gasteiger partial charge in [0.1, 0.15) is 0 Å². The smallest absolute Gasteiger partial charge is 0.0558 e. The average molecular weight is 146 g/mol. The number of pyridine rings is 1. The molecule has 2 heterocycles. The summed E-state index contributed by atoms with van der Waals surface area (Å²) in [5.74, 6) is 0. The van der Waals surface area contributed by atoms with Gasteiger partial charge in [0, 0.05) is 12.4 Å². The summed E-state index contributed by atoms with van der Waals surface area (Å²) in [7, 11) is 0. The molecule has 2 heteroatoms. The molecule has 1 N–H and O–H groups in total. The van der Waals surface area contributed by atoms with Gasteiger partial charge < -0.3 is 5.32 Å². The van der Waals surface area contributed by atoms with Gasteiger partial charge in [0.25, 0.3) is 0 Å². The lowest BCUT2D eigenvalue weighted by Gasteiger charge is -2.09. The third-order valence-electron chi connectivity index (χ3n) is 1.87. The van der Waals surface area contributed by atoms with E-state index in [1.165, 1.54) is 5.56 Å². The summed E-state index contributed by atoms with van der Waals surface area (Å²) in [4.78, 5) is 4.06. The van der Waals surface area contributed by atoms with Crippen LogP contribution in [0, 0.1) is 0 Å². The van der Waals surface area contributed by atoms with Crippen LogP contribution in [0.3, 0.4) is 0 Å². The fourth-order valence-electron chi connectivity index (χ4n) is 1.27. The molecule has 0 saturated heterocycles. The standard InChI is InChI=1S/C9H10N2/c1-3-8(7-10-5-1)9-4-2-6-11-9/h1-3,5-7,9,11H,4H2/t9-/m0/s1. The van der Waals surface area contributed by atoms with Crippen molar-refractivity contribution in [3.05, 3.63) is 42.4 Å². The van der Waals surface area contributed by atoms with E-state index in [2.05, 4.69) is 22.4 Å². The first kappa shape index (κ1) is 6.40. The maximum absolute atomic E-state index is 4.06. The van der Waals surface area contributed by atoms with Crippen LogP contribution < -0.4 is 5.32 Å². The summed E-state index contributed by atoms with van der Waals surface area (Å²) in [6.07, 6.45) is 8.91. The summed E-state index contributed by atoms with van der Waals surface area (Å²) >= 11 is 0. The quantitative estimate of drug-likeness (QED) is 0.651. The molecule has 0 bridgehead atoms. The van der Waals surface area contributed by atoms with E-state index in [4.69, 9.17) is 0 Å². The minimum Gasteiger partial charge on any atom is -0.384 e. The number of nitrogens with zero attached hydrogens (tertiary/aromatic N) is 1. The molecular weight excluding hydrogens is 136 g/mol. The van der Waals surface area contributed by atoms with Crippen LogP contribution in [-0.4, -0.2) is 4.98 Å². The zero-order valence-corrected chi connectivity index (χ0v) is 6.20. The van der Waals surface area contributed by atoms with E-state index < -0.39 is 0 Å². The van der Waals surface area contributed by atoms with Crippen molar-refractivity contribution in [1.82, 2.24) is 10.3 Å². The highest BCUT2D eigenvalue weighted by molar-refractivity contribution is 5.17. The van der Waals surface area contributed by atoms with Crippen molar-refractivity contribution in [2.24, 2.45) is 0 Å². The van der Waals surface area contributed by atoms with E-state index in [-0.39, 0.29) is 0 Å². The number of nitrogens with one attached hydrogen (secondary N) is 1. The molecule has 0 unspecified atom stereocenters. The molecule has 2 nitrogen and oxygen atoms in total. The van der Waals surface area contributed by atoms with Gasteiger partial charge in [-0.05, 0) is 24.3 Å². The highest BCUT2D eigenvalue weighted by Crippen LogP contribution is 2.19. The summed E-state index contributed by atoms with van der Waals surface area (Å²) in [5, 5.41) is 3.25. The predicted molar refractivity (Wildman–Crippen MR) is 43.9 cm³/mol. The van der Waals surface area contributed by atoms with E-state index in [0.717, 1.165) is 6.42 Å². The Kier molecular flexibility index (Phi) is 1.60. The van der Waals surface area contributed by atoms with Crippen LogP contribution in [0.5, 0.6) is 0 Å². The van der Waals surface area contributed by atoms with Gasteiger partial charge in [0.15, 0.2) is 0 Å². The molecule has 56 valence electrons. The molecule has 1 atom stereocenters. The maximum Gasteiger partial charge on any atom is 0.0558 e. The monoisotopic (exact) mass is 146 g/mol. The molecule has 0 saturated carbocycles. The fraction of sp³-hybridized carbons (Fsp3) is 0.222. The Morgan fingerprint density at radius 3 is 3.18 bits per heavy atom.